The normalized spacial score (nSPS) is 55.8. The van der Waals surface area contributed by atoms with Crippen LogP contribution >= 0.6 is 0 Å². The second kappa shape index (κ2) is 5.57. The molecule has 5 fully saturated rings. The summed E-state index contributed by atoms with van der Waals surface area (Å²) in [5, 5.41) is 19.4. The topological polar surface area (TPSA) is 61.1 Å². The number of fused-ring (bicyclic) bond motifs is 3. The first-order valence-corrected chi connectivity index (χ1v) is 11.0. The maximum absolute atomic E-state index is 13.3. The molecule has 0 aromatic rings. The van der Waals surface area contributed by atoms with E-state index in [9.17, 15) is 15.2 Å². The van der Waals surface area contributed by atoms with Crippen LogP contribution in [0.25, 0.3) is 0 Å². The molecule has 5 aliphatic rings. The first kappa shape index (κ1) is 17.2. The Morgan fingerprint density at radius 2 is 2.00 bits per heavy atom. The van der Waals surface area contributed by atoms with Crippen molar-refractivity contribution in [3.8, 4) is 6.07 Å². The molecule has 26 heavy (non-hydrogen) atoms. The third-order valence-corrected chi connectivity index (χ3v) is 10.0. The highest BCUT2D eigenvalue weighted by Crippen LogP contribution is 2.76. The second-order valence-electron chi connectivity index (χ2n) is 10.8. The summed E-state index contributed by atoms with van der Waals surface area (Å²) in [6.45, 7) is 4.70. The Labute approximate surface area is 157 Å². The molecule has 0 aliphatic heterocycles. The van der Waals surface area contributed by atoms with Crippen molar-refractivity contribution >= 4 is 5.78 Å². The van der Waals surface area contributed by atoms with E-state index in [0.29, 0.717) is 53.1 Å². The first-order valence-electron chi connectivity index (χ1n) is 11.0. The van der Waals surface area contributed by atoms with E-state index in [2.05, 4.69) is 19.9 Å². The van der Waals surface area contributed by atoms with Crippen LogP contribution in [0.1, 0.15) is 71.6 Å². The van der Waals surface area contributed by atoms with Crippen molar-refractivity contribution in [1.82, 2.24) is 0 Å². The van der Waals surface area contributed by atoms with Crippen molar-refractivity contribution in [3.63, 3.8) is 0 Å². The summed E-state index contributed by atoms with van der Waals surface area (Å²) in [6, 6.07) is 2.39. The summed E-state index contributed by atoms with van der Waals surface area (Å²) < 4.78 is 0. The summed E-state index contributed by atoms with van der Waals surface area (Å²) in [6.07, 6.45) is 9.21. The number of rotatable bonds is 2. The average Bonchev–Trinajstić information content (AvgIpc) is 3.19. The van der Waals surface area contributed by atoms with E-state index in [1.165, 1.54) is 32.1 Å². The van der Waals surface area contributed by atoms with E-state index < -0.39 is 0 Å². The molecular formula is C23H33NO2. The van der Waals surface area contributed by atoms with Gasteiger partial charge in [0, 0.05) is 18.8 Å². The monoisotopic (exact) mass is 355 g/mol. The molecule has 5 saturated carbocycles. The van der Waals surface area contributed by atoms with E-state index in [-0.39, 0.29) is 17.4 Å². The zero-order chi connectivity index (χ0) is 18.3. The summed E-state index contributed by atoms with van der Waals surface area (Å²) in [4.78, 5) is 13.3. The number of hydrogen-bond acceptors (Lipinski definition) is 3. The molecule has 0 heterocycles. The van der Waals surface area contributed by atoms with Gasteiger partial charge in [-0.2, -0.15) is 5.26 Å². The minimum atomic E-state index is -0.165. The van der Waals surface area contributed by atoms with Gasteiger partial charge in [0.2, 0.25) is 0 Å². The van der Waals surface area contributed by atoms with E-state index in [0.717, 1.165) is 19.3 Å². The molecule has 1 N–H and O–H groups in total. The molecule has 3 heteroatoms. The molecule has 5 aliphatic carbocycles. The number of carbonyl (C=O) groups is 1. The highest BCUT2D eigenvalue weighted by Gasteiger charge is 2.72. The summed E-state index contributed by atoms with van der Waals surface area (Å²) in [5.74, 6) is 4.16. The predicted molar refractivity (Wildman–Crippen MR) is 98.8 cm³/mol. The zero-order valence-electron chi connectivity index (χ0n) is 16.3. The largest absolute Gasteiger partial charge is 0.393 e. The second-order valence-corrected chi connectivity index (χ2v) is 10.8. The molecule has 10 atom stereocenters. The van der Waals surface area contributed by atoms with Crippen LogP contribution in [-0.2, 0) is 4.79 Å². The number of nitrogens with zero attached hydrogens (tertiary/aromatic N) is 1. The fourth-order valence-corrected chi connectivity index (χ4v) is 9.01. The highest BCUT2D eigenvalue weighted by molar-refractivity contribution is 5.84. The Morgan fingerprint density at radius 1 is 1.23 bits per heavy atom. The lowest BCUT2D eigenvalue weighted by Gasteiger charge is -2.56. The molecule has 5 rings (SSSR count). The van der Waals surface area contributed by atoms with E-state index in [4.69, 9.17) is 0 Å². The van der Waals surface area contributed by atoms with Crippen LogP contribution in [0.3, 0.4) is 0 Å². The minimum Gasteiger partial charge on any atom is -0.393 e. The van der Waals surface area contributed by atoms with Crippen LogP contribution in [-0.4, -0.2) is 17.0 Å². The maximum atomic E-state index is 13.3. The number of nitriles is 1. The molecule has 0 amide bonds. The molecule has 0 aromatic carbocycles. The van der Waals surface area contributed by atoms with Gasteiger partial charge in [0.05, 0.1) is 12.2 Å². The Bertz CT molecular complexity index is 668. The van der Waals surface area contributed by atoms with Gasteiger partial charge >= 0.3 is 0 Å². The molecule has 0 saturated heterocycles. The molecule has 0 radical (unpaired) electrons. The number of Topliss-reactive ketones (excluding diaryl/α,β-unsaturated/α-hetero) is 1. The van der Waals surface area contributed by atoms with Crippen molar-refractivity contribution in [3.05, 3.63) is 0 Å². The molecule has 142 valence electrons. The van der Waals surface area contributed by atoms with E-state index >= 15 is 0 Å². The summed E-state index contributed by atoms with van der Waals surface area (Å²) in [7, 11) is 0. The standard InChI is InChI=1S/C23H33NO2/c1-13(6-8-24)17-3-4-18-21-19(5-7-22(17,18)2)23-12-15(23)10-16(25)9-14(23)11-20(21)26/h13-19,21,25H,3-7,9-12H2,1-2H3/t13-,14+,15?,16+,17-,18+,19+,21+,22-,23-/m1/s1. The molecule has 1 unspecified atom stereocenters. The van der Waals surface area contributed by atoms with Crippen molar-refractivity contribution in [2.24, 2.45) is 52.3 Å². The van der Waals surface area contributed by atoms with Crippen molar-refractivity contribution in [2.75, 3.05) is 0 Å². The Balaban J connectivity index is 1.45. The van der Waals surface area contributed by atoms with Crippen molar-refractivity contribution in [2.45, 2.75) is 77.7 Å². The smallest absolute Gasteiger partial charge is 0.136 e. The molecular weight excluding hydrogens is 322 g/mol. The number of aliphatic hydroxyl groups is 1. The van der Waals surface area contributed by atoms with Crippen molar-refractivity contribution in [1.29, 1.82) is 5.26 Å². The molecule has 3 nitrogen and oxygen atoms in total. The van der Waals surface area contributed by atoms with E-state index in [1.807, 2.05) is 0 Å². The van der Waals surface area contributed by atoms with Crippen LogP contribution in [0.5, 0.6) is 0 Å². The summed E-state index contributed by atoms with van der Waals surface area (Å²) in [5.41, 5.74) is 0.671. The zero-order valence-corrected chi connectivity index (χ0v) is 16.3. The lowest BCUT2D eigenvalue weighted by Crippen LogP contribution is -2.54. The maximum Gasteiger partial charge on any atom is 0.136 e. The third-order valence-electron chi connectivity index (χ3n) is 10.0. The number of aliphatic hydroxyl groups excluding tert-OH is 1. The van der Waals surface area contributed by atoms with Crippen LogP contribution in [0, 0.1) is 63.6 Å². The van der Waals surface area contributed by atoms with Gasteiger partial charge in [0.1, 0.15) is 5.78 Å². The van der Waals surface area contributed by atoms with Gasteiger partial charge in [0.25, 0.3) is 0 Å². The fraction of sp³-hybridized carbons (Fsp3) is 0.913. The summed E-state index contributed by atoms with van der Waals surface area (Å²) >= 11 is 0. The quantitative estimate of drug-likeness (QED) is 0.801. The minimum absolute atomic E-state index is 0.165. The highest BCUT2D eigenvalue weighted by atomic mass is 16.3. The van der Waals surface area contributed by atoms with Gasteiger partial charge in [-0.25, -0.2) is 0 Å². The van der Waals surface area contributed by atoms with Gasteiger partial charge in [-0.3, -0.25) is 4.79 Å². The Kier molecular flexibility index (Phi) is 3.69. The lowest BCUT2D eigenvalue weighted by atomic mass is 9.47. The molecule has 1 spiro atoms. The van der Waals surface area contributed by atoms with Gasteiger partial charge in [-0.15, -0.1) is 0 Å². The van der Waals surface area contributed by atoms with Gasteiger partial charge < -0.3 is 5.11 Å². The number of carbonyl (C=O) groups excluding carboxylic acids is 1. The third kappa shape index (κ3) is 2.06. The Morgan fingerprint density at radius 3 is 2.77 bits per heavy atom. The fourth-order valence-electron chi connectivity index (χ4n) is 9.01. The van der Waals surface area contributed by atoms with Gasteiger partial charge in [0.15, 0.2) is 0 Å². The predicted octanol–water partition coefficient (Wildman–Crippen LogP) is 4.34. The van der Waals surface area contributed by atoms with Crippen molar-refractivity contribution < 1.29 is 9.90 Å². The Hall–Kier alpha value is -0.880. The van der Waals surface area contributed by atoms with Crippen LogP contribution in [0.15, 0.2) is 0 Å². The van der Waals surface area contributed by atoms with Gasteiger partial charge in [-0.05, 0) is 91.3 Å². The average molecular weight is 356 g/mol. The van der Waals surface area contributed by atoms with Gasteiger partial charge in [-0.1, -0.05) is 13.8 Å². The SMILES string of the molecule is C[C@H](CC#N)[C@H]1CC[C@H]2[C@@H]3C(=O)C[C@@H]4C[C@H](O)CC5C[C@]54[C@H]3CC[C@]12C. The van der Waals surface area contributed by atoms with Crippen LogP contribution < -0.4 is 0 Å². The molecule has 0 aromatic heterocycles. The molecule has 0 bridgehead atoms. The first-order chi connectivity index (χ1) is 12.4. The number of ketones is 1. The van der Waals surface area contributed by atoms with E-state index in [1.54, 1.807) is 0 Å². The lowest BCUT2D eigenvalue weighted by molar-refractivity contribution is -0.150. The van der Waals surface area contributed by atoms with Crippen LogP contribution in [0.4, 0.5) is 0 Å². The van der Waals surface area contributed by atoms with Crippen LogP contribution in [0.2, 0.25) is 0 Å². The number of hydrogen-bond donors (Lipinski definition) is 1.